The third-order valence-electron chi connectivity index (χ3n) is 6.92. The Hall–Kier alpha value is -3.68. The minimum Gasteiger partial charge on any atom is -0.495 e. The van der Waals surface area contributed by atoms with Gasteiger partial charge in [0.1, 0.15) is 11.8 Å². The predicted octanol–water partition coefficient (Wildman–Crippen LogP) is 1.83. The normalized spacial score (nSPS) is 19.3. The van der Waals surface area contributed by atoms with Crippen LogP contribution in [0.1, 0.15) is 12.0 Å². The second-order valence-electron chi connectivity index (χ2n) is 9.72. The Bertz CT molecular complexity index is 1270. The molecule has 4 rings (SSSR count). The molecule has 2 aromatic carbocycles. The molecule has 0 aromatic heterocycles. The van der Waals surface area contributed by atoms with E-state index >= 15 is 0 Å². The van der Waals surface area contributed by atoms with E-state index in [-0.39, 0.29) is 37.7 Å². The lowest BCUT2D eigenvalue weighted by atomic mass is 10.1. The number of ether oxygens (including phenoxy) is 1. The van der Waals surface area contributed by atoms with Gasteiger partial charge in [0, 0.05) is 43.6 Å². The number of amides is 4. The minimum atomic E-state index is -0.917. The Morgan fingerprint density at radius 2 is 1.73 bits per heavy atom. The molecular weight excluding hydrogens is 586 g/mol. The van der Waals surface area contributed by atoms with Crippen LogP contribution in [0.2, 0.25) is 0 Å². The van der Waals surface area contributed by atoms with E-state index in [1.807, 2.05) is 12.1 Å². The molecule has 2 atom stereocenters. The number of β-amino-alcohol motifs (C(OH)–C–C–N with tert-alkyl or cyclic N) is 1. The van der Waals surface area contributed by atoms with Gasteiger partial charge in [-0.25, -0.2) is 4.79 Å². The summed E-state index contributed by atoms with van der Waals surface area (Å²) in [4.78, 5) is 54.8. The van der Waals surface area contributed by atoms with Crippen molar-refractivity contribution < 1.29 is 34.1 Å². The summed E-state index contributed by atoms with van der Waals surface area (Å²) >= 11 is 3.38. The molecule has 2 aliphatic heterocycles. The topological polar surface area (TPSA) is 152 Å². The molecule has 13 heteroatoms. The smallest absolute Gasteiger partial charge is 0.323 e. The molecule has 2 aromatic rings. The van der Waals surface area contributed by atoms with E-state index in [1.54, 1.807) is 40.1 Å². The Labute approximate surface area is 240 Å². The van der Waals surface area contributed by atoms with Crippen molar-refractivity contribution >= 4 is 51.1 Å². The number of aliphatic hydroxyl groups excluding tert-OH is 1. The van der Waals surface area contributed by atoms with Gasteiger partial charge in [-0.05, 0) is 45.8 Å². The van der Waals surface area contributed by atoms with Crippen LogP contribution < -0.4 is 15.4 Å². The molecular formula is C27H32BrN5O7. The second kappa shape index (κ2) is 13.1. The van der Waals surface area contributed by atoms with Gasteiger partial charge in [0.15, 0.2) is 0 Å². The van der Waals surface area contributed by atoms with E-state index < -0.39 is 24.1 Å². The quantitative estimate of drug-likeness (QED) is 0.350. The Morgan fingerprint density at radius 1 is 1.02 bits per heavy atom. The molecule has 4 amide bonds. The summed E-state index contributed by atoms with van der Waals surface area (Å²) in [5, 5.41) is 24.8. The van der Waals surface area contributed by atoms with Gasteiger partial charge in [-0.15, -0.1) is 0 Å². The number of carbonyl (C=O) groups excluding carboxylic acids is 3. The fourth-order valence-corrected chi connectivity index (χ4v) is 5.30. The van der Waals surface area contributed by atoms with Crippen molar-refractivity contribution in [1.82, 2.24) is 14.7 Å². The van der Waals surface area contributed by atoms with Crippen LogP contribution in [-0.2, 0) is 20.8 Å². The molecule has 2 saturated heterocycles. The van der Waals surface area contributed by atoms with Gasteiger partial charge in [0.2, 0.25) is 11.8 Å². The lowest BCUT2D eigenvalue weighted by molar-refractivity contribution is -0.145. The van der Waals surface area contributed by atoms with Gasteiger partial charge in [0.25, 0.3) is 0 Å². The maximum atomic E-state index is 13.3. The molecule has 2 aliphatic rings. The molecule has 0 spiro atoms. The molecule has 0 saturated carbocycles. The average Bonchev–Trinajstić information content (AvgIpc) is 3.32. The number of halogens is 1. The molecule has 2 heterocycles. The van der Waals surface area contributed by atoms with Crippen LogP contribution in [0, 0.1) is 0 Å². The number of para-hydroxylation sites is 1. The lowest BCUT2D eigenvalue weighted by Gasteiger charge is -2.36. The summed E-state index contributed by atoms with van der Waals surface area (Å²) in [5.41, 5.74) is 1.63. The number of urea groups is 1. The minimum absolute atomic E-state index is 0.0251. The van der Waals surface area contributed by atoms with Crippen LogP contribution in [0.3, 0.4) is 0 Å². The third-order valence-corrected chi connectivity index (χ3v) is 7.61. The molecule has 0 unspecified atom stereocenters. The Kier molecular flexibility index (Phi) is 9.61. The first-order valence-corrected chi connectivity index (χ1v) is 13.6. The molecule has 4 N–H and O–H groups in total. The summed E-state index contributed by atoms with van der Waals surface area (Å²) in [5.74, 6) is -1.11. The number of carboxylic acid groups (broad SMARTS) is 1. The van der Waals surface area contributed by atoms with E-state index in [2.05, 4.69) is 26.6 Å². The Morgan fingerprint density at radius 3 is 2.40 bits per heavy atom. The van der Waals surface area contributed by atoms with Crippen molar-refractivity contribution in [3.05, 3.63) is 52.5 Å². The number of hydrogen-bond donors (Lipinski definition) is 4. The number of carbonyl (C=O) groups is 4. The van der Waals surface area contributed by atoms with Crippen LogP contribution in [0.15, 0.2) is 46.9 Å². The van der Waals surface area contributed by atoms with Crippen molar-refractivity contribution in [3.63, 3.8) is 0 Å². The zero-order chi connectivity index (χ0) is 28.8. The number of anilines is 2. The lowest BCUT2D eigenvalue weighted by Crippen LogP contribution is -2.55. The Balaban J connectivity index is 1.38. The fourth-order valence-electron chi connectivity index (χ4n) is 4.92. The second-order valence-corrected chi connectivity index (χ2v) is 10.6. The molecule has 0 bridgehead atoms. The van der Waals surface area contributed by atoms with E-state index in [0.717, 1.165) is 4.47 Å². The van der Waals surface area contributed by atoms with Gasteiger partial charge >= 0.3 is 12.0 Å². The van der Waals surface area contributed by atoms with Crippen LogP contribution in [-0.4, -0.2) is 107 Å². The van der Waals surface area contributed by atoms with Crippen molar-refractivity contribution in [2.45, 2.75) is 25.0 Å². The summed E-state index contributed by atoms with van der Waals surface area (Å²) in [7, 11) is 1.46. The SMILES string of the molecule is COc1cc(CC(=O)N2C[C@H](O)C[C@H]2C(=O)N2CCN(CC(=O)O)CC2)ccc1NC(=O)Nc1ccccc1Br. The highest BCUT2D eigenvalue weighted by Gasteiger charge is 2.41. The van der Waals surface area contributed by atoms with Gasteiger partial charge in [-0.3, -0.25) is 19.3 Å². The van der Waals surface area contributed by atoms with Gasteiger partial charge in [-0.2, -0.15) is 0 Å². The zero-order valence-electron chi connectivity index (χ0n) is 22.0. The number of rotatable bonds is 8. The first kappa shape index (κ1) is 29.3. The number of aliphatic carboxylic acids is 1. The highest BCUT2D eigenvalue weighted by molar-refractivity contribution is 9.10. The number of nitrogens with zero attached hydrogens (tertiary/aromatic N) is 3. The zero-order valence-corrected chi connectivity index (χ0v) is 23.6. The summed E-state index contributed by atoms with van der Waals surface area (Å²) in [6, 6.07) is 10.9. The van der Waals surface area contributed by atoms with Crippen molar-refractivity contribution in [1.29, 1.82) is 0 Å². The molecule has 214 valence electrons. The number of nitrogens with one attached hydrogen (secondary N) is 2. The third kappa shape index (κ3) is 7.29. The van der Waals surface area contributed by atoms with Crippen LogP contribution in [0.25, 0.3) is 0 Å². The van der Waals surface area contributed by atoms with Crippen molar-refractivity contribution in [2.75, 3.05) is 57.0 Å². The summed E-state index contributed by atoms with van der Waals surface area (Å²) in [6.45, 7) is 1.56. The first-order valence-electron chi connectivity index (χ1n) is 12.8. The molecule has 12 nitrogen and oxygen atoms in total. The molecule has 0 aliphatic carbocycles. The van der Waals surface area contributed by atoms with E-state index in [4.69, 9.17) is 9.84 Å². The molecule has 2 fully saturated rings. The highest BCUT2D eigenvalue weighted by atomic mass is 79.9. The van der Waals surface area contributed by atoms with Gasteiger partial charge in [0.05, 0.1) is 37.6 Å². The van der Waals surface area contributed by atoms with Crippen molar-refractivity contribution in [2.24, 2.45) is 0 Å². The van der Waals surface area contributed by atoms with Gasteiger partial charge < -0.3 is 35.4 Å². The predicted molar refractivity (Wildman–Crippen MR) is 150 cm³/mol. The number of aliphatic hydroxyl groups is 1. The van der Waals surface area contributed by atoms with Gasteiger partial charge in [-0.1, -0.05) is 18.2 Å². The fraction of sp³-hybridized carbons (Fsp3) is 0.407. The van der Waals surface area contributed by atoms with Crippen molar-refractivity contribution in [3.8, 4) is 5.75 Å². The summed E-state index contributed by atoms with van der Waals surface area (Å²) < 4.78 is 6.17. The largest absolute Gasteiger partial charge is 0.495 e. The summed E-state index contributed by atoms with van der Waals surface area (Å²) in [6.07, 6.45) is -0.683. The highest BCUT2D eigenvalue weighted by Crippen LogP contribution is 2.28. The number of benzene rings is 2. The van der Waals surface area contributed by atoms with Crippen LogP contribution >= 0.6 is 15.9 Å². The van der Waals surface area contributed by atoms with E-state index in [9.17, 15) is 24.3 Å². The maximum absolute atomic E-state index is 13.3. The number of hydrogen-bond acceptors (Lipinski definition) is 7. The number of carboxylic acids is 1. The maximum Gasteiger partial charge on any atom is 0.323 e. The first-order chi connectivity index (χ1) is 19.1. The van der Waals surface area contributed by atoms with E-state index in [0.29, 0.717) is 48.9 Å². The monoisotopic (exact) mass is 617 g/mol. The number of piperazine rings is 1. The van der Waals surface area contributed by atoms with E-state index in [1.165, 1.54) is 12.0 Å². The number of likely N-dealkylation sites (tertiary alicyclic amines) is 1. The molecule has 40 heavy (non-hydrogen) atoms. The average molecular weight is 618 g/mol. The van der Waals surface area contributed by atoms with Crippen LogP contribution in [0.4, 0.5) is 16.2 Å². The standard InChI is InChI=1S/C27H32BrN5O7/c1-40-23-12-17(6-7-21(23)30-27(39)29-20-5-3-2-4-19(20)28)13-24(35)33-15-18(34)14-22(33)26(38)32-10-8-31(9-11-32)16-25(36)37/h2-7,12,18,22,34H,8-11,13-16H2,1H3,(H,36,37)(H2,29,30,39)/t18-,22+/m1/s1. The number of methoxy groups -OCH3 is 1. The molecule has 0 radical (unpaired) electrons. The van der Waals surface area contributed by atoms with Crippen LogP contribution in [0.5, 0.6) is 5.75 Å².